The molecule has 1 aliphatic heterocycles. The molecular formula is C13H13N3O3. The summed E-state index contributed by atoms with van der Waals surface area (Å²) in [6, 6.07) is 8.07. The molecular weight excluding hydrogens is 246 g/mol. The van der Waals surface area contributed by atoms with Gasteiger partial charge in [-0.3, -0.25) is 9.69 Å². The van der Waals surface area contributed by atoms with E-state index in [0.717, 1.165) is 0 Å². The number of para-hydroxylation sites is 1. The van der Waals surface area contributed by atoms with E-state index in [1.54, 1.807) is 31.2 Å². The molecule has 98 valence electrons. The standard InChI is InChI=1S/C13H13N3O3/c1-9(16-6-7-19-13(16)18)12(17)15-11-5-3-2-4-10(11)8-14/h2-5,9H,6-7H2,1H3,(H,15,17). The van der Waals surface area contributed by atoms with Gasteiger partial charge in [0, 0.05) is 0 Å². The smallest absolute Gasteiger partial charge is 0.410 e. The molecule has 0 aromatic heterocycles. The maximum atomic E-state index is 12.0. The maximum absolute atomic E-state index is 12.0. The molecule has 1 aromatic rings. The van der Waals surface area contributed by atoms with Crippen LogP contribution in [0.5, 0.6) is 0 Å². The number of nitriles is 1. The largest absolute Gasteiger partial charge is 0.448 e. The average Bonchev–Trinajstić information content (AvgIpc) is 2.84. The van der Waals surface area contributed by atoms with Crippen LogP contribution in [0.3, 0.4) is 0 Å². The van der Waals surface area contributed by atoms with E-state index in [4.69, 9.17) is 10.00 Å². The third-order valence-electron chi connectivity index (χ3n) is 2.94. The first-order valence-corrected chi connectivity index (χ1v) is 5.87. The molecule has 1 aromatic carbocycles. The molecule has 0 spiro atoms. The third-order valence-corrected chi connectivity index (χ3v) is 2.94. The lowest BCUT2D eigenvalue weighted by atomic mass is 10.2. The predicted octanol–water partition coefficient (Wildman–Crippen LogP) is 1.34. The minimum Gasteiger partial charge on any atom is -0.448 e. The van der Waals surface area contributed by atoms with Crippen molar-refractivity contribution in [2.24, 2.45) is 0 Å². The van der Waals surface area contributed by atoms with E-state index in [0.29, 0.717) is 24.4 Å². The molecule has 1 unspecified atom stereocenters. The van der Waals surface area contributed by atoms with Crippen molar-refractivity contribution in [3.05, 3.63) is 29.8 Å². The van der Waals surface area contributed by atoms with Crippen LogP contribution in [0.1, 0.15) is 12.5 Å². The highest BCUT2D eigenvalue weighted by Crippen LogP contribution is 2.16. The van der Waals surface area contributed by atoms with Crippen molar-refractivity contribution < 1.29 is 14.3 Å². The van der Waals surface area contributed by atoms with Gasteiger partial charge in [-0.2, -0.15) is 5.26 Å². The molecule has 0 saturated carbocycles. The number of rotatable bonds is 3. The molecule has 1 N–H and O–H groups in total. The minimum absolute atomic E-state index is 0.297. The summed E-state index contributed by atoms with van der Waals surface area (Å²) in [5, 5.41) is 11.6. The van der Waals surface area contributed by atoms with E-state index in [9.17, 15) is 9.59 Å². The number of carbonyl (C=O) groups is 2. The van der Waals surface area contributed by atoms with E-state index in [2.05, 4.69) is 5.32 Å². The molecule has 2 rings (SSSR count). The van der Waals surface area contributed by atoms with Crippen LogP contribution in [0.4, 0.5) is 10.5 Å². The zero-order valence-electron chi connectivity index (χ0n) is 10.4. The molecule has 1 atom stereocenters. The lowest BCUT2D eigenvalue weighted by Crippen LogP contribution is -2.42. The Morgan fingerprint density at radius 3 is 2.89 bits per heavy atom. The fourth-order valence-corrected chi connectivity index (χ4v) is 1.83. The number of benzene rings is 1. The van der Waals surface area contributed by atoms with Gasteiger partial charge in [0.15, 0.2) is 0 Å². The van der Waals surface area contributed by atoms with E-state index >= 15 is 0 Å². The first-order chi connectivity index (χ1) is 9.13. The van der Waals surface area contributed by atoms with Gasteiger partial charge in [0.25, 0.3) is 0 Å². The lowest BCUT2D eigenvalue weighted by molar-refractivity contribution is -0.119. The molecule has 19 heavy (non-hydrogen) atoms. The Labute approximate surface area is 110 Å². The number of anilines is 1. The summed E-state index contributed by atoms with van der Waals surface area (Å²) in [4.78, 5) is 24.8. The Balaban J connectivity index is 2.09. The molecule has 1 saturated heterocycles. The summed E-state index contributed by atoms with van der Waals surface area (Å²) in [5.41, 5.74) is 0.821. The van der Waals surface area contributed by atoms with Crippen LogP contribution in [0, 0.1) is 11.3 Å². The van der Waals surface area contributed by atoms with Crippen molar-refractivity contribution in [2.45, 2.75) is 13.0 Å². The number of hydrogen-bond donors (Lipinski definition) is 1. The van der Waals surface area contributed by atoms with Crippen LogP contribution in [0.15, 0.2) is 24.3 Å². The van der Waals surface area contributed by atoms with Crippen LogP contribution in [-0.4, -0.2) is 36.1 Å². The fourth-order valence-electron chi connectivity index (χ4n) is 1.83. The van der Waals surface area contributed by atoms with Gasteiger partial charge in [0.05, 0.1) is 17.8 Å². The summed E-state index contributed by atoms with van der Waals surface area (Å²) in [5.74, 6) is -0.346. The quantitative estimate of drug-likeness (QED) is 0.887. The van der Waals surface area contributed by atoms with Crippen LogP contribution < -0.4 is 5.32 Å². The van der Waals surface area contributed by atoms with E-state index in [-0.39, 0.29) is 5.91 Å². The number of cyclic esters (lactones) is 1. The highest BCUT2D eigenvalue weighted by atomic mass is 16.6. The van der Waals surface area contributed by atoms with Gasteiger partial charge in [-0.15, -0.1) is 0 Å². The molecule has 2 amide bonds. The van der Waals surface area contributed by atoms with Crippen molar-refractivity contribution in [1.82, 2.24) is 4.90 Å². The lowest BCUT2D eigenvalue weighted by Gasteiger charge is -2.20. The number of ether oxygens (including phenoxy) is 1. The van der Waals surface area contributed by atoms with Gasteiger partial charge in [-0.1, -0.05) is 12.1 Å². The van der Waals surface area contributed by atoms with E-state index in [1.165, 1.54) is 4.90 Å². The fraction of sp³-hybridized carbons (Fsp3) is 0.308. The molecule has 1 fully saturated rings. The number of carbonyl (C=O) groups excluding carboxylic acids is 2. The number of nitrogens with one attached hydrogen (secondary N) is 1. The van der Waals surface area contributed by atoms with Crippen LogP contribution in [0.2, 0.25) is 0 Å². The summed E-state index contributed by atoms with van der Waals surface area (Å²) in [7, 11) is 0. The molecule has 6 heteroatoms. The highest BCUT2D eigenvalue weighted by molar-refractivity contribution is 5.97. The Hall–Kier alpha value is -2.55. The number of nitrogens with zero attached hydrogens (tertiary/aromatic N) is 2. The molecule has 1 aliphatic rings. The SMILES string of the molecule is CC(C(=O)Nc1ccccc1C#N)N1CCOC1=O. The van der Waals surface area contributed by atoms with E-state index < -0.39 is 12.1 Å². The molecule has 0 aliphatic carbocycles. The zero-order chi connectivity index (χ0) is 13.8. The van der Waals surface area contributed by atoms with Gasteiger partial charge in [0.2, 0.25) is 5.91 Å². The molecule has 6 nitrogen and oxygen atoms in total. The van der Waals surface area contributed by atoms with Crippen molar-refractivity contribution in [2.75, 3.05) is 18.5 Å². The summed E-state index contributed by atoms with van der Waals surface area (Å²) < 4.78 is 4.79. The van der Waals surface area contributed by atoms with Crippen molar-refractivity contribution >= 4 is 17.7 Å². The van der Waals surface area contributed by atoms with Gasteiger partial charge in [-0.25, -0.2) is 4.79 Å². The Morgan fingerprint density at radius 2 is 2.26 bits per heavy atom. The van der Waals surface area contributed by atoms with Gasteiger partial charge >= 0.3 is 6.09 Å². The van der Waals surface area contributed by atoms with E-state index in [1.807, 2.05) is 6.07 Å². The van der Waals surface area contributed by atoms with Crippen LogP contribution in [-0.2, 0) is 9.53 Å². The second-order valence-electron chi connectivity index (χ2n) is 4.13. The van der Waals surface area contributed by atoms with Crippen LogP contribution >= 0.6 is 0 Å². The normalized spacial score (nSPS) is 15.6. The molecule has 0 bridgehead atoms. The Morgan fingerprint density at radius 1 is 1.53 bits per heavy atom. The van der Waals surface area contributed by atoms with Crippen molar-refractivity contribution in [3.63, 3.8) is 0 Å². The third kappa shape index (κ3) is 2.65. The second-order valence-corrected chi connectivity index (χ2v) is 4.13. The molecule has 1 heterocycles. The highest BCUT2D eigenvalue weighted by Gasteiger charge is 2.31. The summed E-state index contributed by atoms with van der Waals surface area (Å²) >= 11 is 0. The van der Waals surface area contributed by atoms with Crippen molar-refractivity contribution in [3.8, 4) is 6.07 Å². The average molecular weight is 259 g/mol. The maximum Gasteiger partial charge on any atom is 0.410 e. The van der Waals surface area contributed by atoms with Crippen LogP contribution in [0.25, 0.3) is 0 Å². The van der Waals surface area contributed by atoms with Crippen molar-refractivity contribution in [1.29, 1.82) is 5.26 Å². The number of hydrogen-bond acceptors (Lipinski definition) is 4. The minimum atomic E-state index is -0.637. The van der Waals surface area contributed by atoms with Gasteiger partial charge in [0.1, 0.15) is 18.7 Å². The second kappa shape index (κ2) is 5.40. The summed E-state index contributed by atoms with van der Waals surface area (Å²) in [6.07, 6.45) is -0.490. The van der Waals surface area contributed by atoms with Gasteiger partial charge in [-0.05, 0) is 19.1 Å². The Kier molecular flexibility index (Phi) is 3.66. The zero-order valence-corrected chi connectivity index (χ0v) is 10.4. The predicted molar refractivity (Wildman–Crippen MR) is 67.3 cm³/mol. The van der Waals surface area contributed by atoms with Gasteiger partial charge < -0.3 is 10.1 Å². The monoisotopic (exact) mass is 259 g/mol. The summed E-state index contributed by atoms with van der Waals surface area (Å²) in [6.45, 7) is 2.31. The first kappa shape index (κ1) is 12.9. The topological polar surface area (TPSA) is 82.4 Å². The molecule has 0 radical (unpaired) electrons. The Bertz CT molecular complexity index is 550. The first-order valence-electron chi connectivity index (χ1n) is 5.87. The number of amides is 2.